The smallest absolute Gasteiger partial charge is 0.263 e. The molecule has 88 valence electrons. The maximum atomic E-state index is 12.1. The first-order valence-corrected chi connectivity index (χ1v) is 7.08. The molecule has 1 heterocycles. The fraction of sp³-hybridized carbons (Fsp3) is 0.583. The van der Waals surface area contributed by atoms with E-state index in [1.165, 1.54) is 16.9 Å². The highest BCUT2D eigenvalue weighted by molar-refractivity contribution is 7.14. The lowest BCUT2D eigenvalue weighted by molar-refractivity contribution is 0.0779. The summed E-state index contributed by atoms with van der Waals surface area (Å²) in [6.45, 7) is 3.36. The van der Waals surface area contributed by atoms with Gasteiger partial charge in [-0.1, -0.05) is 0 Å². The second-order valence-corrected chi connectivity index (χ2v) is 5.50. The van der Waals surface area contributed by atoms with E-state index in [4.69, 9.17) is 11.6 Å². The van der Waals surface area contributed by atoms with Crippen molar-refractivity contribution in [2.75, 3.05) is 19.0 Å². The molecule has 4 heteroatoms. The number of thiophene rings is 1. The van der Waals surface area contributed by atoms with Crippen molar-refractivity contribution in [2.24, 2.45) is 0 Å². The number of carbonyl (C=O) groups is 1. The summed E-state index contributed by atoms with van der Waals surface area (Å²) in [5, 5.41) is 0. The van der Waals surface area contributed by atoms with Gasteiger partial charge in [-0.15, -0.1) is 22.9 Å². The zero-order valence-electron chi connectivity index (χ0n) is 9.46. The van der Waals surface area contributed by atoms with Crippen LogP contribution in [-0.2, 0) is 12.8 Å². The molecule has 16 heavy (non-hydrogen) atoms. The number of amides is 1. The van der Waals surface area contributed by atoms with E-state index in [-0.39, 0.29) is 5.91 Å². The molecule has 1 aliphatic rings. The molecule has 0 spiro atoms. The minimum absolute atomic E-state index is 0.141. The maximum Gasteiger partial charge on any atom is 0.263 e. The monoisotopic (exact) mass is 257 g/mol. The highest BCUT2D eigenvalue weighted by Gasteiger charge is 2.21. The molecule has 0 bridgehead atoms. The summed E-state index contributed by atoms with van der Waals surface area (Å²) in [5.74, 6) is 0.646. The van der Waals surface area contributed by atoms with Crippen molar-refractivity contribution in [3.8, 4) is 0 Å². The number of carbonyl (C=O) groups excluding carboxylic acids is 1. The van der Waals surface area contributed by atoms with Crippen molar-refractivity contribution in [3.05, 3.63) is 21.4 Å². The Morgan fingerprint density at radius 3 is 3.00 bits per heavy atom. The van der Waals surface area contributed by atoms with Crippen LogP contribution in [0, 0.1) is 0 Å². The summed E-state index contributed by atoms with van der Waals surface area (Å²) in [4.78, 5) is 16.3. The van der Waals surface area contributed by atoms with E-state index in [0.717, 1.165) is 24.3 Å². The van der Waals surface area contributed by atoms with Crippen LogP contribution in [-0.4, -0.2) is 29.8 Å². The van der Waals surface area contributed by atoms with Gasteiger partial charge in [0, 0.05) is 23.8 Å². The lowest BCUT2D eigenvalue weighted by Crippen LogP contribution is -2.31. The number of hydrogen-bond donors (Lipinski definition) is 0. The highest BCUT2D eigenvalue weighted by Crippen LogP contribution is 2.31. The zero-order chi connectivity index (χ0) is 11.5. The van der Waals surface area contributed by atoms with E-state index in [9.17, 15) is 4.79 Å². The predicted octanol–water partition coefficient (Wildman–Crippen LogP) is 2.94. The predicted molar refractivity (Wildman–Crippen MR) is 68.6 cm³/mol. The molecule has 0 N–H and O–H groups in total. The van der Waals surface area contributed by atoms with Gasteiger partial charge in [0.2, 0.25) is 0 Å². The summed E-state index contributed by atoms with van der Waals surface area (Å²) in [6.07, 6.45) is 3.53. The summed E-state index contributed by atoms with van der Waals surface area (Å²) in [6, 6.07) is 2.08. The molecule has 0 saturated carbocycles. The zero-order valence-corrected chi connectivity index (χ0v) is 11.0. The van der Waals surface area contributed by atoms with E-state index in [1.54, 1.807) is 11.3 Å². The van der Waals surface area contributed by atoms with Gasteiger partial charge in [-0.2, -0.15) is 0 Å². The van der Waals surface area contributed by atoms with Crippen LogP contribution in [0.2, 0.25) is 0 Å². The van der Waals surface area contributed by atoms with Crippen LogP contribution in [0.25, 0.3) is 0 Å². The SMILES string of the molecule is CCN(CCCl)C(=O)c1cc2c(s1)CCC2. The Hall–Kier alpha value is -0.540. The quantitative estimate of drug-likeness (QED) is 0.760. The Kier molecular flexibility index (Phi) is 3.87. The van der Waals surface area contributed by atoms with Crippen LogP contribution in [0.15, 0.2) is 6.07 Å². The van der Waals surface area contributed by atoms with Gasteiger partial charge in [0.05, 0.1) is 4.88 Å². The van der Waals surface area contributed by atoms with Crippen LogP contribution in [0.1, 0.15) is 33.5 Å². The van der Waals surface area contributed by atoms with Gasteiger partial charge in [-0.05, 0) is 37.8 Å². The first kappa shape index (κ1) is 11.9. The van der Waals surface area contributed by atoms with Gasteiger partial charge >= 0.3 is 0 Å². The molecule has 0 radical (unpaired) electrons. The average Bonchev–Trinajstić information content (AvgIpc) is 2.84. The van der Waals surface area contributed by atoms with Crippen molar-refractivity contribution in [2.45, 2.75) is 26.2 Å². The van der Waals surface area contributed by atoms with Crippen molar-refractivity contribution < 1.29 is 4.79 Å². The molecule has 1 aliphatic carbocycles. The molecule has 0 aromatic carbocycles. The molecule has 0 fully saturated rings. The first-order valence-electron chi connectivity index (χ1n) is 5.73. The third kappa shape index (κ3) is 2.25. The topological polar surface area (TPSA) is 20.3 Å². The van der Waals surface area contributed by atoms with Crippen LogP contribution >= 0.6 is 22.9 Å². The highest BCUT2D eigenvalue weighted by atomic mass is 35.5. The molecule has 0 atom stereocenters. The average molecular weight is 258 g/mol. The third-order valence-corrected chi connectivity index (χ3v) is 4.37. The molecule has 0 saturated heterocycles. The Labute approximate surface area is 105 Å². The van der Waals surface area contributed by atoms with E-state index < -0.39 is 0 Å². The normalized spacial score (nSPS) is 13.9. The molecule has 2 nitrogen and oxygen atoms in total. The summed E-state index contributed by atoms with van der Waals surface area (Å²) < 4.78 is 0. The van der Waals surface area contributed by atoms with Gasteiger partial charge in [0.1, 0.15) is 0 Å². The van der Waals surface area contributed by atoms with Gasteiger partial charge in [0.25, 0.3) is 5.91 Å². The van der Waals surface area contributed by atoms with Crippen molar-refractivity contribution in [3.63, 3.8) is 0 Å². The number of nitrogens with zero attached hydrogens (tertiary/aromatic N) is 1. The van der Waals surface area contributed by atoms with Crippen LogP contribution < -0.4 is 0 Å². The molecule has 0 aliphatic heterocycles. The van der Waals surface area contributed by atoms with E-state index in [2.05, 4.69) is 6.07 Å². The molecule has 2 rings (SSSR count). The third-order valence-electron chi connectivity index (χ3n) is 2.98. The summed E-state index contributed by atoms with van der Waals surface area (Å²) in [5.41, 5.74) is 1.38. The number of halogens is 1. The van der Waals surface area contributed by atoms with Gasteiger partial charge in [-0.25, -0.2) is 0 Å². The van der Waals surface area contributed by atoms with E-state index in [1.807, 2.05) is 11.8 Å². The molecule has 1 aromatic rings. The molecule has 0 unspecified atom stereocenters. The van der Waals surface area contributed by atoms with Gasteiger partial charge < -0.3 is 4.90 Å². The molecule has 1 amide bonds. The van der Waals surface area contributed by atoms with Gasteiger partial charge in [-0.3, -0.25) is 4.79 Å². The molecule has 1 aromatic heterocycles. The van der Waals surface area contributed by atoms with Gasteiger partial charge in [0.15, 0.2) is 0 Å². The van der Waals surface area contributed by atoms with Crippen molar-refractivity contribution in [1.29, 1.82) is 0 Å². The summed E-state index contributed by atoms with van der Waals surface area (Å²) in [7, 11) is 0. The second kappa shape index (κ2) is 5.19. The van der Waals surface area contributed by atoms with Crippen molar-refractivity contribution in [1.82, 2.24) is 4.90 Å². The molecular weight excluding hydrogens is 242 g/mol. The second-order valence-electron chi connectivity index (χ2n) is 3.99. The standard InChI is InChI=1S/C12H16ClNOS/c1-2-14(7-6-13)12(15)11-8-9-4-3-5-10(9)16-11/h8H,2-7H2,1H3. The Bertz CT molecular complexity index is 367. The Morgan fingerprint density at radius 1 is 1.56 bits per heavy atom. The lowest BCUT2D eigenvalue weighted by atomic mass is 10.2. The van der Waals surface area contributed by atoms with E-state index >= 15 is 0 Å². The Morgan fingerprint density at radius 2 is 2.38 bits per heavy atom. The number of hydrogen-bond acceptors (Lipinski definition) is 2. The fourth-order valence-electron chi connectivity index (χ4n) is 2.10. The lowest BCUT2D eigenvalue weighted by Gasteiger charge is -2.18. The minimum Gasteiger partial charge on any atom is -0.337 e. The first-order chi connectivity index (χ1) is 7.76. The van der Waals surface area contributed by atoms with Crippen LogP contribution in [0.3, 0.4) is 0 Å². The number of aryl methyl sites for hydroxylation is 2. The molecular formula is C12H16ClNOS. The summed E-state index contributed by atoms with van der Waals surface area (Å²) >= 11 is 7.36. The van der Waals surface area contributed by atoms with Crippen LogP contribution in [0.4, 0.5) is 0 Å². The Balaban J connectivity index is 2.13. The van der Waals surface area contributed by atoms with Crippen LogP contribution in [0.5, 0.6) is 0 Å². The number of rotatable bonds is 4. The maximum absolute atomic E-state index is 12.1. The van der Waals surface area contributed by atoms with E-state index in [0.29, 0.717) is 12.4 Å². The minimum atomic E-state index is 0.141. The van der Waals surface area contributed by atoms with Crippen molar-refractivity contribution >= 4 is 28.8 Å². The fourth-order valence-corrected chi connectivity index (χ4v) is 3.52. The number of fused-ring (bicyclic) bond motifs is 1. The largest absolute Gasteiger partial charge is 0.337 e. The number of alkyl halides is 1.